The molecule has 5 heteroatoms. The van der Waals surface area contributed by atoms with E-state index < -0.39 is 11.6 Å². The lowest BCUT2D eigenvalue weighted by molar-refractivity contribution is 0.190. The molecule has 22 heavy (non-hydrogen) atoms. The SMILES string of the molecule is CC[C@@]1(C)c2[nH]n(-c3ccc(F)cc3F)c(=O)c2CC1(C)C. The second kappa shape index (κ2) is 4.54. The second-order valence-electron chi connectivity index (χ2n) is 6.95. The molecule has 1 aromatic carbocycles. The average molecular weight is 306 g/mol. The maximum atomic E-state index is 14.0. The molecule has 0 spiro atoms. The molecule has 0 saturated carbocycles. The number of hydrogen-bond donors (Lipinski definition) is 1. The number of halogens is 2. The molecule has 3 rings (SSSR count). The van der Waals surface area contributed by atoms with E-state index in [1.807, 2.05) is 0 Å². The Balaban J connectivity index is 2.21. The molecule has 1 aromatic heterocycles. The minimum Gasteiger partial charge on any atom is -0.294 e. The van der Waals surface area contributed by atoms with Crippen LogP contribution in [0.5, 0.6) is 0 Å². The van der Waals surface area contributed by atoms with Crippen molar-refractivity contribution in [1.82, 2.24) is 9.78 Å². The fourth-order valence-corrected chi connectivity index (χ4v) is 3.56. The molecule has 1 heterocycles. The largest absolute Gasteiger partial charge is 0.294 e. The third kappa shape index (κ3) is 1.81. The van der Waals surface area contributed by atoms with E-state index in [9.17, 15) is 13.6 Å². The smallest absolute Gasteiger partial charge is 0.274 e. The molecular weight excluding hydrogens is 286 g/mol. The van der Waals surface area contributed by atoms with Crippen molar-refractivity contribution in [3.63, 3.8) is 0 Å². The number of nitrogens with one attached hydrogen (secondary N) is 1. The highest BCUT2D eigenvalue weighted by molar-refractivity contribution is 5.41. The Kier molecular flexibility index (Phi) is 3.10. The van der Waals surface area contributed by atoms with Gasteiger partial charge in [-0.1, -0.05) is 27.7 Å². The van der Waals surface area contributed by atoms with Gasteiger partial charge in [0.05, 0.1) is 0 Å². The van der Waals surface area contributed by atoms with Crippen LogP contribution >= 0.6 is 0 Å². The monoisotopic (exact) mass is 306 g/mol. The van der Waals surface area contributed by atoms with Crippen molar-refractivity contribution >= 4 is 0 Å². The lowest BCUT2D eigenvalue weighted by Crippen LogP contribution is -2.36. The molecule has 3 nitrogen and oxygen atoms in total. The molecule has 0 fully saturated rings. The predicted molar refractivity (Wildman–Crippen MR) is 81.4 cm³/mol. The summed E-state index contributed by atoms with van der Waals surface area (Å²) in [6, 6.07) is 3.22. The van der Waals surface area contributed by atoms with Crippen molar-refractivity contribution in [3.05, 3.63) is 51.4 Å². The molecule has 1 N–H and O–H groups in total. The zero-order chi connectivity index (χ0) is 16.3. The maximum Gasteiger partial charge on any atom is 0.274 e. The summed E-state index contributed by atoms with van der Waals surface area (Å²) in [6.45, 7) is 8.50. The van der Waals surface area contributed by atoms with Gasteiger partial charge in [-0.3, -0.25) is 9.89 Å². The average Bonchev–Trinajstić information content (AvgIpc) is 2.85. The summed E-state index contributed by atoms with van der Waals surface area (Å²) >= 11 is 0. The molecule has 0 saturated heterocycles. The summed E-state index contributed by atoms with van der Waals surface area (Å²) in [7, 11) is 0. The minimum atomic E-state index is -0.750. The zero-order valence-corrected chi connectivity index (χ0v) is 13.3. The molecule has 0 unspecified atom stereocenters. The molecule has 1 aliphatic rings. The summed E-state index contributed by atoms with van der Waals surface area (Å²) in [6.07, 6.45) is 1.52. The van der Waals surface area contributed by atoms with Crippen LogP contribution in [-0.2, 0) is 11.8 Å². The van der Waals surface area contributed by atoms with Gasteiger partial charge in [0.15, 0.2) is 5.82 Å². The van der Waals surface area contributed by atoms with Crippen LogP contribution in [0, 0.1) is 17.0 Å². The van der Waals surface area contributed by atoms with Crippen LogP contribution in [0.3, 0.4) is 0 Å². The van der Waals surface area contributed by atoms with Gasteiger partial charge >= 0.3 is 0 Å². The molecule has 1 atom stereocenters. The molecule has 1 aliphatic carbocycles. The Hall–Kier alpha value is -1.91. The molecule has 0 amide bonds. The Bertz CT molecular complexity index is 803. The third-order valence-electron chi connectivity index (χ3n) is 5.51. The highest BCUT2D eigenvalue weighted by atomic mass is 19.1. The van der Waals surface area contributed by atoms with Crippen molar-refractivity contribution < 1.29 is 8.78 Å². The van der Waals surface area contributed by atoms with E-state index in [4.69, 9.17) is 0 Å². The standard InChI is InChI=1S/C17H20F2N2O/c1-5-17(4)14-11(9-16(17,2)3)15(22)21(20-14)13-7-6-10(18)8-12(13)19/h6-8,20H,5,9H2,1-4H3/t17-/m0/s1. The van der Waals surface area contributed by atoms with E-state index in [0.29, 0.717) is 12.0 Å². The van der Waals surface area contributed by atoms with Gasteiger partial charge in [-0.05, 0) is 30.4 Å². The fourth-order valence-electron chi connectivity index (χ4n) is 3.56. The maximum absolute atomic E-state index is 14.0. The predicted octanol–water partition coefficient (Wildman–Crippen LogP) is 3.69. The van der Waals surface area contributed by atoms with Gasteiger partial charge in [0.1, 0.15) is 11.5 Å². The van der Waals surface area contributed by atoms with Gasteiger partial charge in [0.25, 0.3) is 5.56 Å². The number of nitrogens with zero attached hydrogens (tertiary/aromatic N) is 1. The van der Waals surface area contributed by atoms with Crippen molar-refractivity contribution in [1.29, 1.82) is 0 Å². The van der Waals surface area contributed by atoms with E-state index in [2.05, 4.69) is 32.8 Å². The molecule has 2 aromatic rings. The highest BCUT2D eigenvalue weighted by Gasteiger charge is 2.50. The lowest BCUT2D eigenvalue weighted by Gasteiger charge is -2.38. The van der Waals surface area contributed by atoms with Gasteiger partial charge < -0.3 is 0 Å². The first-order chi connectivity index (χ1) is 10.2. The summed E-state index contributed by atoms with van der Waals surface area (Å²) in [4.78, 5) is 12.7. The summed E-state index contributed by atoms with van der Waals surface area (Å²) in [5.41, 5.74) is 1.17. The van der Waals surface area contributed by atoms with E-state index >= 15 is 0 Å². The fraction of sp³-hybridized carbons (Fsp3) is 0.471. The minimum absolute atomic E-state index is 0.0392. The first-order valence-electron chi connectivity index (χ1n) is 7.51. The number of aromatic amines is 1. The molecular formula is C17H20F2N2O. The van der Waals surface area contributed by atoms with Gasteiger partial charge in [0, 0.05) is 22.7 Å². The molecule has 0 radical (unpaired) electrons. The molecule has 0 aliphatic heterocycles. The number of aromatic nitrogens is 2. The van der Waals surface area contributed by atoms with Gasteiger partial charge in [-0.2, -0.15) is 0 Å². The first kappa shape index (κ1) is 15.0. The first-order valence-corrected chi connectivity index (χ1v) is 7.51. The number of hydrogen-bond acceptors (Lipinski definition) is 1. The lowest BCUT2D eigenvalue weighted by atomic mass is 9.67. The van der Waals surface area contributed by atoms with Gasteiger partial charge in [-0.15, -0.1) is 0 Å². The number of fused-ring (bicyclic) bond motifs is 1. The van der Waals surface area contributed by atoms with Crippen LogP contribution < -0.4 is 5.56 Å². The van der Waals surface area contributed by atoms with Crippen molar-refractivity contribution in [3.8, 4) is 5.69 Å². The zero-order valence-electron chi connectivity index (χ0n) is 13.3. The highest BCUT2D eigenvalue weighted by Crippen LogP contribution is 2.51. The van der Waals surface area contributed by atoms with Crippen molar-refractivity contribution in [2.45, 2.75) is 46.0 Å². The van der Waals surface area contributed by atoms with Gasteiger partial charge in [-0.25, -0.2) is 13.5 Å². The Morgan fingerprint density at radius 3 is 2.55 bits per heavy atom. The Labute approximate surface area is 128 Å². The summed E-state index contributed by atoms with van der Waals surface area (Å²) in [5.74, 6) is -1.41. The van der Waals surface area contributed by atoms with Crippen molar-refractivity contribution in [2.24, 2.45) is 5.41 Å². The van der Waals surface area contributed by atoms with Crippen LogP contribution in [0.4, 0.5) is 8.78 Å². The number of benzene rings is 1. The van der Waals surface area contributed by atoms with Crippen LogP contribution in [0.25, 0.3) is 5.69 Å². The van der Waals surface area contributed by atoms with E-state index in [1.165, 1.54) is 10.7 Å². The Morgan fingerprint density at radius 2 is 1.95 bits per heavy atom. The summed E-state index contributed by atoms with van der Waals surface area (Å²) < 4.78 is 28.3. The summed E-state index contributed by atoms with van der Waals surface area (Å²) in [5, 5.41) is 3.08. The van der Waals surface area contributed by atoms with Crippen LogP contribution in [0.2, 0.25) is 0 Å². The molecule has 118 valence electrons. The normalized spacial score (nSPS) is 22.8. The third-order valence-corrected chi connectivity index (χ3v) is 5.51. The molecule has 0 bridgehead atoms. The van der Waals surface area contributed by atoms with E-state index in [1.54, 1.807) is 0 Å². The van der Waals surface area contributed by atoms with Crippen molar-refractivity contribution in [2.75, 3.05) is 0 Å². The quantitative estimate of drug-likeness (QED) is 0.902. The number of H-pyrrole nitrogens is 1. The van der Waals surface area contributed by atoms with Gasteiger partial charge in [0.2, 0.25) is 0 Å². The number of rotatable bonds is 2. The van der Waals surface area contributed by atoms with E-state index in [0.717, 1.165) is 24.2 Å². The van der Waals surface area contributed by atoms with E-state index in [-0.39, 0.29) is 22.1 Å². The van der Waals surface area contributed by atoms with Crippen LogP contribution in [-0.4, -0.2) is 9.78 Å². The van der Waals surface area contributed by atoms with Crippen LogP contribution in [0.15, 0.2) is 23.0 Å². The topological polar surface area (TPSA) is 37.8 Å². The second-order valence-corrected chi connectivity index (χ2v) is 6.95. The Morgan fingerprint density at radius 1 is 1.27 bits per heavy atom. The van der Waals surface area contributed by atoms with Crippen LogP contribution in [0.1, 0.15) is 45.4 Å².